The van der Waals surface area contributed by atoms with E-state index in [0.29, 0.717) is 17.1 Å². The first-order chi connectivity index (χ1) is 13.9. The van der Waals surface area contributed by atoms with Gasteiger partial charge in [-0.25, -0.2) is 23.0 Å². The molecule has 0 aliphatic heterocycles. The Morgan fingerprint density at radius 1 is 1.20 bits per heavy atom. The molecule has 0 aliphatic rings. The Labute approximate surface area is 180 Å². The van der Waals surface area contributed by atoms with Crippen molar-refractivity contribution in [2.24, 2.45) is 0 Å². The predicted octanol–water partition coefficient (Wildman–Crippen LogP) is 3.56. The predicted molar refractivity (Wildman–Crippen MR) is 114 cm³/mol. The van der Waals surface area contributed by atoms with Crippen LogP contribution in [0.3, 0.4) is 0 Å². The van der Waals surface area contributed by atoms with Crippen LogP contribution in [-0.2, 0) is 30.7 Å². The van der Waals surface area contributed by atoms with E-state index in [1.807, 2.05) is 0 Å². The summed E-state index contributed by atoms with van der Waals surface area (Å²) in [5, 5.41) is 4.94. The van der Waals surface area contributed by atoms with E-state index >= 15 is 0 Å². The smallest absolute Gasteiger partial charge is 0.408 e. The first-order valence-corrected chi connectivity index (χ1v) is 12.1. The molecule has 1 N–H and O–H groups in total. The molecule has 0 spiro atoms. The number of benzene rings is 1. The van der Waals surface area contributed by atoms with Crippen molar-refractivity contribution in [3.05, 3.63) is 35.3 Å². The van der Waals surface area contributed by atoms with Gasteiger partial charge >= 0.3 is 12.1 Å². The number of rotatable bonds is 7. The fourth-order valence-electron chi connectivity index (χ4n) is 2.37. The second kappa shape index (κ2) is 9.57. The number of sulfone groups is 1. The number of aromatic nitrogens is 1. The highest BCUT2D eigenvalue weighted by molar-refractivity contribution is 7.90. The summed E-state index contributed by atoms with van der Waals surface area (Å²) in [7, 11) is -3.26. The number of esters is 1. The maximum atomic E-state index is 12.3. The van der Waals surface area contributed by atoms with Crippen molar-refractivity contribution < 1.29 is 27.5 Å². The van der Waals surface area contributed by atoms with Crippen molar-refractivity contribution in [3.8, 4) is 10.6 Å². The molecule has 10 heteroatoms. The van der Waals surface area contributed by atoms with Gasteiger partial charge in [-0.3, -0.25) is 0 Å². The van der Waals surface area contributed by atoms with Crippen molar-refractivity contribution in [3.63, 3.8) is 0 Å². The third-order valence-electron chi connectivity index (χ3n) is 3.83. The van der Waals surface area contributed by atoms with E-state index in [2.05, 4.69) is 10.3 Å². The van der Waals surface area contributed by atoms with E-state index in [-0.39, 0.29) is 11.5 Å². The summed E-state index contributed by atoms with van der Waals surface area (Å²) >= 11 is 1.36. The summed E-state index contributed by atoms with van der Waals surface area (Å²) in [4.78, 5) is 28.8. The van der Waals surface area contributed by atoms with Crippen molar-refractivity contribution >= 4 is 33.2 Å². The standard InChI is InChI=1S/C20H26N2O6S2/c1-6-16(22-19(24)28-20(2,3)4)18(23)27-11-14-12-29-17(21-14)13-7-9-15(10-8-13)30(5,25)26/h7-10,12,16H,6,11H2,1-5H3,(H,22,24). The molecule has 0 fully saturated rings. The highest BCUT2D eigenvalue weighted by Crippen LogP contribution is 2.25. The number of carbonyl (C=O) groups is 2. The minimum absolute atomic E-state index is 0.0384. The lowest BCUT2D eigenvalue weighted by atomic mass is 10.2. The van der Waals surface area contributed by atoms with Crippen molar-refractivity contribution in [2.75, 3.05) is 6.26 Å². The van der Waals surface area contributed by atoms with Crippen LogP contribution in [0.5, 0.6) is 0 Å². The normalized spacial score (nSPS) is 12.8. The summed E-state index contributed by atoms with van der Waals surface area (Å²) in [6.07, 6.45) is 0.825. The van der Waals surface area contributed by atoms with Gasteiger partial charge in [0.25, 0.3) is 0 Å². The highest BCUT2D eigenvalue weighted by Gasteiger charge is 2.24. The third kappa shape index (κ3) is 7.10. The molecular weight excluding hydrogens is 428 g/mol. The average Bonchev–Trinajstić information content (AvgIpc) is 3.11. The Balaban J connectivity index is 1.95. The third-order valence-corrected chi connectivity index (χ3v) is 5.90. The Bertz CT molecular complexity index is 991. The van der Waals surface area contributed by atoms with Crippen LogP contribution in [0.15, 0.2) is 34.5 Å². The van der Waals surface area contributed by atoms with Gasteiger partial charge in [-0.2, -0.15) is 0 Å². The van der Waals surface area contributed by atoms with Gasteiger partial charge in [0, 0.05) is 17.2 Å². The fourth-order valence-corrected chi connectivity index (χ4v) is 3.81. The van der Waals surface area contributed by atoms with E-state index in [0.717, 1.165) is 11.8 Å². The topological polar surface area (TPSA) is 112 Å². The molecule has 164 valence electrons. The van der Waals surface area contributed by atoms with Crippen LogP contribution in [0.2, 0.25) is 0 Å². The number of ether oxygens (including phenoxy) is 2. The molecule has 1 atom stereocenters. The van der Waals surface area contributed by atoms with Gasteiger partial charge in [-0.1, -0.05) is 19.1 Å². The van der Waals surface area contributed by atoms with Crippen LogP contribution in [-0.4, -0.2) is 43.4 Å². The van der Waals surface area contributed by atoms with Crippen molar-refractivity contribution in [2.45, 2.75) is 57.3 Å². The van der Waals surface area contributed by atoms with Crippen molar-refractivity contribution in [1.82, 2.24) is 10.3 Å². The minimum atomic E-state index is -3.26. The molecule has 0 saturated carbocycles. The van der Waals surface area contributed by atoms with Crippen LogP contribution in [0.4, 0.5) is 4.79 Å². The van der Waals surface area contributed by atoms with E-state index in [1.54, 1.807) is 45.2 Å². The number of nitrogens with one attached hydrogen (secondary N) is 1. The number of hydrogen-bond acceptors (Lipinski definition) is 8. The van der Waals surface area contributed by atoms with Gasteiger partial charge in [-0.15, -0.1) is 11.3 Å². The summed E-state index contributed by atoms with van der Waals surface area (Å²) < 4.78 is 33.5. The van der Waals surface area contributed by atoms with E-state index < -0.39 is 33.5 Å². The van der Waals surface area contributed by atoms with Gasteiger partial charge in [0.1, 0.15) is 23.3 Å². The molecule has 2 aromatic rings. The monoisotopic (exact) mass is 454 g/mol. The molecule has 1 heterocycles. The summed E-state index contributed by atoms with van der Waals surface area (Å²) in [6.45, 7) is 6.93. The van der Waals surface area contributed by atoms with Crippen LogP contribution in [0, 0.1) is 0 Å². The van der Waals surface area contributed by atoms with Gasteiger partial charge in [0.15, 0.2) is 9.84 Å². The largest absolute Gasteiger partial charge is 0.458 e. The number of carbonyl (C=O) groups excluding carboxylic acids is 2. The fraction of sp³-hybridized carbons (Fsp3) is 0.450. The molecule has 1 aromatic carbocycles. The maximum Gasteiger partial charge on any atom is 0.408 e. The first-order valence-electron chi connectivity index (χ1n) is 9.30. The molecule has 1 aromatic heterocycles. The van der Waals surface area contributed by atoms with Crippen LogP contribution >= 0.6 is 11.3 Å². The van der Waals surface area contributed by atoms with E-state index in [4.69, 9.17) is 9.47 Å². The number of thiazole rings is 1. The Kier molecular flexibility index (Phi) is 7.59. The minimum Gasteiger partial charge on any atom is -0.458 e. The summed E-state index contributed by atoms with van der Waals surface area (Å²) in [5.41, 5.74) is 0.661. The average molecular weight is 455 g/mol. The zero-order valence-corrected chi connectivity index (χ0v) is 19.2. The molecule has 8 nitrogen and oxygen atoms in total. The first kappa shape index (κ1) is 23.8. The Hall–Kier alpha value is -2.46. The highest BCUT2D eigenvalue weighted by atomic mass is 32.2. The number of alkyl carbamates (subject to hydrolysis) is 1. The zero-order chi connectivity index (χ0) is 22.5. The number of amides is 1. The van der Waals surface area contributed by atoms with Crippen LogP contribution < -0.4 is 5.32 Å². The van der Waals surface area contributed by atoms with E-state index in [1.165, 1.54) is 23.5 Å². The lowest BCUT2D eigenvalue weighted by Crippen LogP contribution is -2.43. The molecule has 0 bridgehead atoms. The molecule has 2 rings (SSSR count). The van der Waals surface area contributed by atoms with Gasteiger partial charge < -0.3 is 14.8 Å². The Morgan fingerprint density at radius 2 is 1.83 bits per heavy atom. The lowest BCUT2D eigenvalue weighted by molar-refractivity contribution is -0.147. The summed E-state index contributed by atoms with van der Waals surface area (Å²) in [6, 6.07) is 5.60. The van der Waals surface area contributed by atoms with Gasteiger partial charge in [0.2, 0.25) is 0 Å². The molecular formula is C20H26N2O6S2. The lowest BCUT2D eigenvalue weighted by Gasteiger charge is -2.22. The SMILES string of the molecule is CCC(NC(=O)OC(C)(C)C)C(=O)OCc1csc(-c2ccc(S(C)(=O)=O)cc2)n1. The van der Waals surface area contributed by atoms with Crippen LogP contribution in [0.25, 0.3) is 10.6 Å². The van der Waals surface area contributed by atoms with Crippen LogP contribution in [0.1, 0.15) is 39.8 Å². The second-order valence-corrected chi connectivity index (χ2v) is 10.5. The van der Waals surface area contributed by atoms with Crippen molar-refractivity contribution in [1.29, 1.82) is 0 Å². The second-order valence-electron chi connectivity index (χ2n) is 7.66. The molecule has 0 aliphatic carbocycles. The molecule has 0 radical (unpaired) electrons. The number of hydrogen-bond donors (Lipinski definition) is 1. The molecule has 1 amide bonds. The number of nitrogens with zero attached hydrogens (tertiary/aromatic N) is 1. The zero-order valence-electron chi connectivity index (χ0n) is 17.6. The maximum absolute atomic E-state index is 12.3. The molecule has 30 heavy (non-hydrogen) atoms. The summed E-state index contributed by atoms with van der Waals surface area (Å²) in [5.74, 6) is -0.574. The van der Waals surface area contributed by atoms with E-state index in [9.17, 15) is 18.0 Å². The molecule has 1 unspecified atom stereocenters. The Morgan fingerprint density at radius 3 is 2.37 bits per heavy atom. The van der Waals surface area contributed by atoms with Gasteiger partial charge in [-0.05, 0) is 39.3 Å². The van der Waals surface area contributed by atoms with Gasteiger partial charge in [0.05, 0.1) is 10.6 Å². The molecule has 0 saturated heterocycles. The quantitative estimate of drug-likeness (QED) is 0.637.